The highest BCUT2D eigenvalue weighted by Gasteiger charge is 2.24. The van der Waals surface area contributed by atoms with Crippen LogP contribution in [0.4, 0.5) is 0 Å². The number of hydrogen-bond donors (Lipinski definition) is 2. The Hall–Kier alpha value is -2.92. The van der Waals surface area contributed by atoms with Gasteiger partial charge < -0.3 is 24.9 Å². The molecular weight excluding hydrogens is 450 g/mol. The van der Waals surface area contributed by atoms with E-state index in [1.54, 1.807) is 10.9 Å². The van der Waals surface area contributed by atoms with Gasteiger partial charge in [-0.3, -0.25) is 9.59 Å². The largest absolute Gasteiger partial charge is 0.378 e. The van der Waals surface area contributed by atoms with Crippen molar-refractivity contribution in [3.63, 3.8) is 0 Å². The molecule has 10 heteroatoms. The van der Waals surface area contributed by atoms with Gasteiger partial charge in [0.2, 0.25) is 0 Å². The first-order valence-corrected chi connectivity index (χ1v) is 11.8. The van der Waals surface area contributed by atoms with E-state index < -0.39 is 5.41 Å². The molecule has 10 nitrogen and oxygen atoms in total. The number of rotatable bonds is 15. The Balaban J connectivity index is 1.43. The third kappa shape index (κ3) is 8.07. The van der Waals surface area contributed by atoms with Crippen LogP contribution in [-0.4, -0.2) is 77.7 Å². The molecule has 1 aromatic carbocycles. The molecule has 3 N–H and O–H groups in total. The lowest BCUT2D eigenvalue weighted by molar-refractivity contribution is 0.0141. The normalized spacial score (nSPS) is 11.9. The first-order valence-electron chi connectivity index (χ1n) is 11.8. The van der Waals surface area contributed by atoms with Crippen molar-refractivity contribution in [3.05, 3.63) is 47.4 Å². The standard InChI is InChI=1S/C25H35N5O5/c1-25(2,3)24(32)21-16-19-14-18(4-5-20(19)27-21)15-23(31)22-17-30(29-28-22)7-9-34-11-13-35-12-10-33-8-6-26/h4-5,14,16-17,27H,6-13,15,26H2,1-3H3. The van der Waals surface area contributed by atoms with Crippen LogP contribution in [0.5, 0.6) is 0 Å². The fraction of sp³-hybridized carbons (Fsp3) is 0.520. The Morgan fingerprint density at radius 3 is 2.37 bits per heavy atom. The summed E-state index contributed by atoms with van der Waals surface area (Å²) in [5, 5.41) is 8.92. The molecule has 190 valence electrons. The second-order valence-electron chi connectivity index (χ2n) is 9.28. The number of fused-ring (bicyclic) bond motifs is 1. The van der Waals surface area contributed by atoms with Crippen LogP contribution >= 0.6 is 0 Å². The van der Waals surface area contributed by atoms with E-state index in [-0.39, 0.29) is 18.0 Å². The number of Topliss-reactive ketones (excluding diaryl/α,β-unsaturated/α-hetero) is 2. The summed E-state index contributed by atoms with van der Waals surface area (Å²) in [7, 11) is 0. The van der Waals surface area contributed by atoms with Crippen LogP contribution in [0.15, 0.2) is 30.5 Å². The average Bonchev–Trinajstić information content (AvgIpc) is 3.46. The molecule has 0 unspecified atom stereocenters. The third-order valence-corrected chi connectivity index (χ3v) is 5.27. The fourth-order valence-electron chi connectivity index (χ4n) is 3.41. The summed E-state index contributed by atoms with van der Waals surface area (Å²) >= 11 is 0. The minimum absolute atomic E-state index is 0.0485. The van der Waals surface area contributed by atoms with Crippen LogP contribution < -0.4 is 5.73 Å². The number of nitrogens with two attached hydrogens (primary N) is 1. The highest BCUT2D eigenvalue weighted by Crippen LogP contribution is 2.24. The van der Waals surface area contributed by atoms with Gasteiger partial charge in [-0.15, -0.1) is 5.10 Å². The maximum absolute atomic E-state index is 12.7. The number of benzene rings is 1. The van der Waals surface area contributed by atoms with Gasteiger partial charge in [0.1, 0.15) is 5.69 Å². The zero-order chi connectivity index (χ0) is 25.3. The molecule has 3 rings (SSSR count). The molecular formula is C25H35N5O5. The Kier molecular flexibility index (Phi) is 9.67. The van der Waals surface area contributed by atoms with Crippen molar-refractivity contribution < 1.29 is 23.8 Å². The fourth-order valence-corrected chi connectivity index (χ4v) is 3.41. The molecule has 2 aromatic heterocycles. The highest BCUT2D eigenvalue weighted by atomic mass is 16.5. The molecule has 0 aliphatic rings. The van der Waals surface area contributed by atoms with Gasteiger partial charge in [0.25, 0.3) is 0 Å². The Labute approximate surface area is 205 Å². The van der Waals surface area contributed by atoms with Crippen molar-refractivity contribution in [3.8, 4) is 0 Å². The van der Waals surface area contributed by atoms with Crippen LogP contribution in [0.3, 0.4) is 0 Å². The van der Waals surface area contributed by atoms with E-state index in [4.69, 9.17) is 19.9 Å². The summed E-state index contributed by atoms with van der Waals surface area (Å²) < 4.78 is 17.7. The number of ether oxygens (including phenoxy) is 3. The van der Waals surface area contributed by atoms with Gasteiger partial charge in [0.05, 0.1) is 58.1 Å². The molecule has 0 fully saturated rings. The number of nitrogens with zero attached hydrogens (tertiary/aromatic N) is 3. The smallest absolute Gasteiger partial charge is 0.189 e. The van der Waals surface area contributed by atoms with Crippen molar-refractivity contribution >= 4 is 22.5 Å². The molecule has 0 aliphatic heterocycles. The molecule has 2 heterocycles. The van der Waals surface area contributed by atoms with Crippen molar-refractivity contribution in [2.45, 2.75) is 33.7 Å². The first kappa shape index (κ1) is 26.7. The van der Waals surface area contributed by atoms with Gasteiger partial charge in [-0.25, -0.2) is 4.68 Å². The van der Waals surface area contributed by atoms with Gasteiger partial charge in [-0.2, -0.15) is 0 Å². The van der Waals surface area contributed by atoms with Crippen molar-refractivity contribution in [1.82, 2.24) is 20.0 Å². The SMILES string of the molecule is CC(C)(C)C(=O)c1cc2cc(CC(=O)c3cn(CCOCCOCCOCCN)nn3)ccc2[nH]1. The predicted octanol–water partition coefficient (Wildman–Crippen LogP) is 2.42. The van der Waals surface area contributed by atoms with Crippen LogP contribution in [0.2, 0.25) is 0 Å². The van der Waals surface area contributed by atoms with E-state index in [0.29, 0.717) is 64.1 Å². The molecule has 0 aliphatic carbocycles. The van der Waals surface area contributed by atoms with E-state index >= 15 is 0 Å². The van der Waals surface area contributed by atoms with Crippen molar-refractivity contribution in [2.24, 2.45) is 11.1 Å². The molecule has 0 bridgehead atoms. The summed E-state index contributed by atoms with van der Waals surface area (Å²) in [5.74, 6) is -0.0735. The van der Waals surface area contributed by atoms with Crippen LogP contribution in [0, 0.1) is 5.41 Å². The van der Waals surface area contributed by atoms with Gasteiger partial charge in [0, 0.05) is 29.3 Å². The minimum atomic E-state index is -0.468. The first-order chi connectivity index (χ1) is 16.8. The molecule has 0 atom stereocenters. The summed E-state index contributed by atoms with van der Waals surface area (Å²) in [6, 6.07) is 7.54. The number of carbonyl (C=O) groups excluding carboxylic acids is 2. The summed E-state index contributed by atoms with van der Waals surface area (Å²) in [6.45, 7) is 9.59. The monoisotopic (exact) mass is 485 g/mol. The Morgan fingerprint density at radius 1 is 1.00 bits per heavy atom. The predicted molar refractivity (Wildman–Crippen MR) is 132 cm³/mol. The summed E-state index contributed by atoms with van der Waals surface area (Å²) in [4.78, 5) is 28.4. The maximum atomic E-state index is 12.7. The minimum Gasteiger partial charge on any atom is -0.378 e. The van der Waals surface area contributed by atoms with E-state index in [1.165, 1.54) is 0 Å². The van der Waals surface area contributed by atoms with Crippen molar-refractivity contribution in [1.29, 1.82) is 0 Å². The molecule has 35 heavy (non-hydrogen) atoms. The molecule has 0 radical (unpaired) electrons. The summed E-state index contributed by atoms with van der Waals surface area (Å²) in [6.07, 6.45) is 1.83. The van der Waals surface area contributed by atoms with Gasteiger partial charge in [0.15, 0.2) is 11.6 Å². The van der Waals surface area contributed by atoms with Crippen molar-refractivity contribution in [2.75, 3.05) is 46.2 Å². The van der Waals surface area contributed by atoms with Gasteiger partial charge in [-0.05, 0) is 23.8 Å². The van der Waals surface area contributed by atoms with Crippen LogP contribution in [-0.2, 0) is 27.2 Å². The van der Waals surface area contributed by atoms with E-state index in [2.05, 4.69) is 15.3 Å². The van der Waals surface area contributed by atoms with Gasteiger partial charge in [-0.1, -0.05) is 32.1 Å². The van der Waals surface area contributed by atoms with E-state index in [9.17, 15) is 9.59 Å². The number of aromatic amines is 1. The average molecular weight is 486 g/mol. The summed E-state index contributed by atoms with van der Waals surface area (Å²) in [5.41, 5.74) is 7.47. The lowest BCUT2D eigenvalue weighted by Gasteiger charge is -2.14. The van der Waals surface area contributed by atoms with E-state index in [0.717, 1.165) is 16.5 Å². The Morgan fingerprint density at radius 2 is 1.69 bits per heavy atom. The lowest BCUT2D eigenvalue weighted by atomic mass is 9.89. The van der Waals surface area contributed by atoms with E-state index in [1.807, 2.05) is 45.0 Å². The number of aromatic nitrogens is 4. The molecule has 0 saturated heterocycles. The van der Waals surface area contributed by atoms with Crippen LogP contribution in [0.25, 0.3) is 10.9 Å². The zero-order valence-electron chi connectivity index (χ0n) is 20.7. The molecule has 0 amide bonds. The Bertz CT molecular complexity index is 1120. The number of ketones is 2. The second-order valence-corrected chi connectivity index (χ2v) is 9.28. The quantitative estimate of drug-likeness (QED) is 0.248. The third-order valence-electron chi connectivity index (χ3n) is 5.27. The maximum Gasteiger partial charge on any atom is 0.189 e. The molecule has 3 aromatic rings. The lowest BCUT2D eigenvalue weighted by Crippen LogP contribution is -2.20. The molecule has 0 saturated carbocycles. The van der Waals surface area contributed by atoms with Gasteiger partial charge >= 0.3 is 0 Å². The molecule has 0 spiro atoms. The number of nitrogens with one attached hydrogen (secondary N) is 1. The number of carbonyl (C=O) groups is 2. The topological polar surface area (TPSA) is 134 Å². The highest BCUT2D eigenvalue weighted by molar-refractivity contribution is 6.02. The number of H-pyrrole nitrogens is 1. The van der Waals surface area contributed by atoms with Crippen LogP contribution in [0.1, 0.15) is 47.3 Å². The second kappa shape index (κ2) is 12.7. The number of hydrogen-bond acceptors (Lipinski definition) is 8. The zero-order valence-corrected chi connectivity index (χ0v) is 20.7.